The molecular formula is C8H13NO3. The monoisotopic (exact) mass is 171 g/mol. The van der Waals surface area contributed by atoms with Gasteiger partial charge in [0.2, 0.25) is 5.91 Å². The Kier molecular flexibility index (Phi) is 4.76. The first-order valence-corrected chi connectivity index (χ1v) is 3.71. The molecule has 0 saturated carbocycles. The Labute approximate surface area is 71.3 Å². The molecule has 0 spiro atoms. The summed E-state index contributed by atoms with van der Waals surface area (Å²) in [5.41, 5.74) is 0. The molecule has 0 rings (SSSR count). The van der Waals surface area contributed by atoms with Gasteiger partial charge < -0.3 is 10.4 Å². The molecule has 0 aliphatic heterocycles. The molecule has 0 bridgehead atoms. The highest BCUT2D eigenvalue weighted by Gasteiger charge is 1.97. The molecule has 0 saturated heterocycles. The minimum absolute atomic E-state index is 0.0759. The number of carboxylic acids is 1. The molecule has 68 valence electrons. The predicted octanol–water partition coefficient (Wildman–Crippen LogP) is 0.542. The standard InChI is InChI=1S/C8H13NO3/c1-6(2)9-7(10)4-3-5-8(11)12/h3-4,6H,5H2,1-2H3,(H,9,10)(H,11,12)/b4-3-. The number of carboxylic acid groups (broad SMARTS) is 1. The molecule has 4 nitrogen and oxygen atoms in total. The van der Waals surface area contributed by atoms with Crippen molar-refractivity contribution in [2.75, 3.05) is 0 Å². The molecule has 0 aromatic heterocycles. The summed E-state index contributed by atoms with van der Waals surface area (Å²) in [6.45, 7) is 3.67. The maximum absolute atomic E-state index is 10.8. The van der Waals surface area contributed by atoms with Gasteiger partial charge in [0.1, 0.15) is 0 Å². The van der Waals surface area contributed by atoms with Crippen molar-refractivity contribution in [2.45, 2.75) is 26.3 Å². The van der Waals surface area contributed by atoms with Gasteiger partial charge in [0.25, 0.3) is 0 Å². The molecule has 0 unspecified atom stereocenters. The SMILES string of the molecule is CC(C)NC(=O)/C=C\CC(=O)O. The molecule has 0 radical (unpaired) electrons. The summed E-state index contributed by atoms with van der Waals surface area (Å²) in [4.78, 5) is 20.9. The Morgan fingerprint density at radius 1 is 1.50 bits per heavy atom. The average Bonchev–Trinajstić information content (AvgIpc) is 1.84. The number of rotatable bonds is 4. The van der Waals surface area contributed by atoms with E-state index in [4.69, 9.17) is 5.11 Å². The minimum Gasteiger partial charge on any atom is -0.481 e. The Bertz CT molecular complexity index is 196. The van der Waals surface area contributed by atoms with Gasteiger partial charge in [-0.3, -0.25) is 9.59 Å². The number of hydrogen-bond acceptors (Lipinski definition) is 2. The summed E-state index contributed by atoms with van der Waals surface area (Å²) in [6, 6.07) is 0.0759. The van der Waals surface area contributed by atoms with E-state index >= 15 is 0 Å². The Morgan fingerprint density at radius 2 is 2.08 bits per heavy atom. The highest BCUT2D eigenvalue weighted by atomic mass is 16.4. The molecule has 4 heteroatoms. The van der Waals surface area contributed by atoms with Gasteiger partial charge in [-0.1, -0.05) is 6.08 Å². The second-order valence-corrected chi connectivity index (χ2v) is 2.66. The predicted molar refractivity (Wildman–Crippen MR) is 44.7 cm³/mol. The number of amides is 1. The van der Waals surface area contributed by atoms with Gasteiger partial charge in [-0.05, 0) is 19.9 Å². The Hall–Kier alpha value is -1.32. The third-order valence-corrected chi connectivity index (χ3v) is 0.993. The van der Waals surface area contributed by atoms with E-state index in [-0.39, 0.29) is 18.4 Å². The molecule has 0 aliphatic rings. The van der Waals surface area contributed by atoms with Gasteiger partial charge in [-0.2, -0.15) is 0 Å². The van der Waals surface area contributed by atoms with Crippen LogP contribution in [0.1, 0.15) is 20.3 Å². The summed E-state index contributed by atoms with van der Waals surface area (Å²) in [7, 11) is 0. The quantitative estimate of drug-likeness (QED) is 0.607. The normalized spacial score (nSPS) is 10.6. The first-order chi connectivity index (χ1) is 5.52. The van der Waals surface area contributed by atoms with Crippen molar-refractivity contribution in [1.82, 2.24) is 5.32 Å². The Morgan fingerprint density at radius 3 is 2.50 bits per heavy atom. The van der Waals surface area contributed by atoms with Gasteiger partial charge >= 0.3 is 5.97 Å². The fourth-order valence-electron chi connectivity index (χ4n) is 0.599. The summed E-state index contributed by atoms with van der Waals surface area (Å²) in [5, 5.41) is 10.8. The smallest absolute Gasteiger partial charge is 0.307 e. The first-order valence-electron chi connectivity index (χ1n) is 3.71. The van der Waals surface area contributed by atoms with Crippen LogP contribution in [-0.2, 0) is 9.59 Å². The minimum atomic E-state index is -0.941. The number of aliphatic carboxylic acids is 1. The molecule has 0 aromatic carbocycles. The van der Waals surface area contributed by atoms with Crippen LogP contribution in [0.15, 0.2) is 12.2 Å². The van der Waals surface area contributed by atoms with E-state index in [1.54, 1.807) is 0 Å². The lowest BCUT2D eigenvalue weighted by atomic mass is 10.3. The molecule has 0 aromatic rings. The van der Waals surface area contributed by atoms with Crippen LogP contribution >= 0.6 is 0 Å². The van der Waals surface area contributed by atoms with E-state index in [9.17, 15) is 9.59 Å². The van der Waals surface area contributed by atoms with Gasteiger partial charge in [0.05, 0.1) is 6.42 Å². The number of nitrogens with one attached hydrogen (secondary N) is 1. The summed E-state index contributed by atoms with van der Waals surface area (Å²) in [5.74, 6) is -1.20. The largest absolute Gasteiger partial charge is 0.481 e. The van der Waals surface area contributed by atoms with Crippen LogP contribution in [0.3, 0.4) is 0 Å². The topological polar surface area (TPSA) is 66.4 Å². The first kappa shape index (κ1) is 10.7. The van der Waals surface area contributed by atoms with E-state index in [0.29, 0.717) is 0 Å². The third kappa shape index (κ3) is 6.80. The third-order valence-electron chi connectivity index (χ3n) is 0.993. The second-order valence-electron chi connectivity index (χ2n) is 2.66. The maximum Gasteiger partial charge on any atom is 0.307 e. The lowest BCUT2D eigenvalue weighted by molar-refractivity contribution is -0.135. The molecular weight excluding hydrogens is 158 g/mol. The lowest BCUT2D eigenvalue weighted by Crippen LogP contribution is -2.28. The van der Waals surface area contributed by atoms with Gasteiger partial charge in [0, 0.05) is 6.04 Å². The molecule has 0 heterocycles. The van der Waals surface area contributed by atoms with Crippen LogP contribution in [-0.4, -0.2) is 23.0 Å². The van der Waals surface area contributed by atoms with Crippen LogP contribution in [0.5, 0.6) is 0 Å². The number of carbonyl (C=O) groups is 2. The Balaban J connectivity index is 3.68. The van der Waals surface area contributed by atoms with Crippen LogP contribution in [0.2, 0.25) is 0 Å². The zero-order valence-electron chi connectivity index (χ0n) is 7.20. The molecule has 12 heavy (non-hydrogen) atoms. The van der Waals surface area contributed by atoms with Crippen LogP contribution in [0, 0.1) is 0 Å². The summed E-state index contributed by atoms with van der Waals surface area (Å²) < 4.78 is 0. The lowest BCUT2D eigenvalue weighted by Gasteiger charge is -2.03. The summed E-state index contributed by atoms with van der Waals surface area (Å²) >= 11 is 0. The number of hydrogen-bond donors (Lipinski definition) is 2. The van der Waals surface area contributed by atoms with Gasteiger partial charge in [0.15, 0.2) is 0 Å². The molecule has 0 fully saturated rings. The van der Waals surface area contributed by atoms with E-state index in [1.807, 2.05) is 13.8 Å². The highest BCUT2D eigenvalue weighted by molar-refractivity contribution is 5.88. The van der Waals surface area contributed by atoms with Crippen LogP contribution in [0.25, 0.3) is 0 Å². The van der Waals surface area contributed by atoms with Crippen LogP contribution < -0.4 is 5.32 Å². The molecule has 2 N–H and O–H groups in total. The average molecular weight is 171 g/mol. The van der Waals surface area contributed by atoms with Gasteiger partial charge in [-0.25, -0.2) is 0 Å². The fraction of sp³-hybridized carbons (Fsp3) is 0.500. The van der Waals surface area contributed by atoms with Gasteiger partial charge in [-0.15, -0.1) is 0 Å². The van der Waals surface area contributed by atoms with Crippen molar-refractivity contribution in [3.63, 3.8) is 0 Å². The van der Waals surface area contributed by atoms with Crippen LogP contribution in [0.4, 0.5) is 0 Å². The molecule has 1 amide bonds. The number of carbonyl (C=O) groups excluding carboxylic acids is 1. The van der Waals surface area contributed by atoms with E-state index in [2.05, 4.69) is 5.32 Å². The second kappa shape index (κ2) is 5.35. The van der Waals surface area contributed by atoms with Crippen molar-refractivity contribution in [2.24, 2.45) is 0 Å². The molecule has 0 aliphatic carbocycles. The molecule has 0 atom stereocenters. The van der Waals surface area contributed by atoms with Crippen molar-refractivity contribution >= 4 is 11.9 Å². The van der Waals surface area contributed by atoms with Crippen molar-refractivity contribution < 1.29 is 14.7 Å². The van der Waals surface area contributed by atoms with Crippen molar-refractivity contribution in [3.8, 4) is 0 Å². The van der Waals surface area contributed by atoms with Crippen molar-refractivity contribution in [1.29, 1.82) is 0 Å². The highest BCUT2D eigenvalue weighted by Crippen LogP contribution is 1.84. The zero-order valence-corrected chi connectivity index (χ0v) is 7.20. The zero-order chi connectivity index (χ0) is 9.56. The maximum atomic E-state index is 10.8. The van der Waals surface area contributed by atoms with E-state index in [1.165, 1.54) is 12.2 Å². The van der Waals surface area contributed by atoms with Crippen molar-refractivity contribution in [3.05, 3.63) is 12.2 Å². The fourth-order valence-corrected chi connectivity index (χ4v) is 0.599. The van der Waals surface area contributed by atoms with E-state index in [0.717, 1.165) is 0 Å². The van der Waals surface area contributed by atoms with E-state index < -0.39 is 5.97 Å². The summed E-state index contributed by atoms with van der Waals surface area (Å²) in [6.07, 6.45) is 2.43.